The van der Waals surface area contributed by atoms with Crippen LogP contribution in [0.1, 0.15) is 50.3 Å². The van der Waals surface area contributed by atoms with Gasteiger partial charge < -0.3 is 10.4 Å². The molecule has 2 nitrogen and oxygen atoms in total. The van der Waals surface area contributed by atoms with Gasteiger partial charge >= 0.3 is 0 Å². The normalized spacial score (nSPS) is 39.6. The molecule has 1 fully saturated rings. The van der Waals surface area contributed by atoms with Crippen LogP contribution >= 0.6 is 0 Å². The van der Waals surface area contributed by atoms with Gasteiger partial charge in [-0.1, -0.05) is 44.5 Å². The molecule has 2 heteroatoms. The Labute approximate surface area is 109 Å². The number of hydrogen-bond donors (Lipinski definition) is 2. The van der Waals surface area contributed by atoms with Crippen LogP contribution in [0.5, 0.6) is 0 Å². The summed E-state index contributed by atoms with van der Waals surface area (Å²) in [6.45, 7) is 5.36. The van der Waals surface area contributed by atoms with Crippen molar-refractivity contribution in [3.05, 3.63) is 35.4 Å². The Morgan fingerprint density at radius 3 is 2.83 bits per heavy atom. The Morgan fingerprint density at radius 2 is 2.00 bits per heavy atom. The van der Waals surface area contributed by atoms with Gasteiger partial charge in [-0.05, 0) is 35.8 Å². The van der Waals surface area contributed by atoms with Crippen LogP contribution in [0, 0.1) is 11.8 Å². The second-order valence-corrected chi connectivity index (χ2v) is 6.29. The summed E-state index contributed by atoms with van der Waals surface area (Å²) < 4.78 is 0. The van der Waals surface area contributed by atoms with Gasteiger partial charge in [-0.3, -0.25) is 0 Å². The van der Waals surface area contributed by atoms with E-state index in [-0.39, 0.29) is 6.04 Å². The largest absolute Gasteiger partial charge is 0.388 e. The fourth-order valence-electron chi connectivity index (χ4n) is 3.79. The highest BCUT2D eigenvalue weighted by molar-refractivity contribution is 5.36. The molecule has 3 rings (SSSR count). The van der Waals surface area contributed by atoms with Crippen LogP contribution in [-0.2, 0) is 6.54 Å². The maximum Gasteiger partial charge on any atom is 0.0869 e. The minimum absolute atomic E-state index is 0.117. The van der Waals surface area contributed by atoms with E-state index in [1.54, 1.807) is 0 Å². The zero-order chi connectivity index (χ0) is 12.8. The van der Waals surface area contributed by atoms with Crippen LogP contribution in [0.25, 0.3) is 0 Å². The predicted molar refractivity (Wildman–Crippen MR) is 73.2 cm³/mol. The molecule has 1 heterocycles. The van der Waals surface area contributed by atoms with Crippen LogP contribution in [-0.4, -0.2) is 10.7 Å². The molecule has 0 radical (unpaired) electrons. The summed E-state index contributed by atoms with van der Waals surface area (Å²) in [6.07, 6.45) is 3.30. The Morgan fingerprint density at radius 1 is 1.22 bits per heavy atom. The van der Waals surface area contributed by atoms with Crippen molar-refractivity contribution >= 4 is 0 Å². The average molecular weight is 245 g/mol. The Balaban J connectivity index is 1.95. The molecular weight excluding hydrogens is 222 g/mol. The molecule has 0 aromatic heterocycles. The van der Waals surface area contributed by atoms with Gasteiger partial charge in [-0.15, -0.1) is 0 Å². The van der Waals surface area contributed by atoms with Crippen molar-refractivity contribution in [2.45, 2.75) is 51.3 Å². The summed E-state index contributed by atoms with van der Waals surface area (Å²) in [4.78, 5) is 0. The van der Waals surface area contributed by atoms with Gasteiger partial charge in [0.1, 0.15) is 0 Å². The average Bonchev–Trinajstić information content (AvgIpc) is 2.78. The van der Waals surface area contributed by atoms with E-state index >= 15 is 0 Å². The van der Waals surface area contributed by atoms with Gasteiger partial charge in [0.2, 0.25) is 0 Å². The van der Waals surface area contributed by atoms with Crippen molar-refractivity contribution < 1.29 is 5.11 Å². The first-order valence-corrected chi connectivity index (χ1v) is 7.15. The van der Waals surface area contributed by atoms with E-state index in [4.69, 9.17) is 0 Å². The Hall–Kier alpha value is -0.860. The van der Waals surface area contributed by atoms with Gasteiger partial charge in [0.05, 0.1) is 11.6 Å². The van der Waals surface area contributed by atoms with E-state index in [9.17, 15) is 5.11 Å². The molecule has 0 spiro atoms. The van der Waals surface area contributed by atoms with Crippen LogP contribution < -0.4 is 5.32 Å². The molecule has 1 aromatic carbocycles. The third-order valence-corrected chi connectivity index (χ3v) is 4.98. The second-order valence-electron chi connectivity index (χ2n) is 6.29. The first kappa shape index (κ1) is 12.2. The van der Waals surface area contributed by atoms with Crippen molar-refractivity contribution in [2.24, 2.45) is 11.8 Å². The van der Waals surface area contributed by atoms with Crippen molar-refractivity contribution in [1.82, 2.24) is 5.32 Å². The smallest absolute Gasteiger partial charge is 0.0869 e. The first-order chi connectivity index (χ1) is 8.61. The van der Waals surface area contributed by atoms with E-state index in [1.165, 1.54) is 17.5 Å². The molecule has 4 atom stereocenters. The van der Waals surface area contributed by atoms with Gasteiger partial charge in [0.15, 0.2) is 0 Å². The summed E-state index contributed by atoms with van der Waals surface area (Å²) in [5.74, 6) is 0.998. The van der Waals surface area contributed by atoms with Crippen LogP contribution in [0.15, 0.2) is 24.3 Å². The van der Waals surface area contributed by atoms with Crippen molar-refractivity contribution in [2.75, 3.05) is 0 Å². The number of hydrogen-bond acceptors (Lipinski definition) is 2. The Kier molecular flexibility index (Phi) is 2.95. The fraction of sp³-hybridized carbons (Fsp3) is 0.625. The minimum Gasteiger partial charge on any atom is -0.388 e. The van der Waals surface area contributed by atoms with E-state index in [1.807, 2.05) is 0 Å². The molecule has 1 aliphatic heterocycles. The highest BCUT2D eigenvalue weighted by Gasteiger charge is 2.47. The topological polar surface area (TPSA) is 32.3 Å². The molecule has 0 saturated heterocycles. The fourth-order valence-corrected chi connectivity index (χ4v) is 3.79. The van der Waals surface area contributed by atoms with Crippen LogP contribution in [0.3, 0.4) is 0 Å². The third-order valence-electron chi connectivity index (χ3n) is 4.98. The lowest BCUT2D eigenvalue weighted by molar-refractivity contribution is -0.0839. The number of nitrogens with one attached hydrogen (secondary N) is 1. The predicted octanol–water partition coefficient (Wildman–Crippen LogP) is 3.02. The summed E-state index contributed by atoms with van der Waals surface area (Å²) in [5, 5.41) is 14.7. The molecule has 0 amide bonds. The molecule has 18 heavy (non-hydrogen) atoms. The van der Waals surface area contributed by atoms with E-state index in [0.29, 0.717) is 11.8 Å². The van der Waals surface area contributed by atoms with E-state index in [2.05, 4.69) is 43.4 Å². The molecule has 1 saturated carbocycles. The lowest BCUT2D eigenvalue weighted by atomic mass is 9.67. The number of aliphatic hydroxyl groups is 1. The first-order valence-electron chi connectivity index (χ1n) is 7.15. The van der Waals surface area contributed by atoms with Crippen molar-refractivity contribution in [3.63, 3.8) is 0 Å². The SMILES string of the molecule is CC1CCC(C)C(O)(C2NCc3ccccc32)C1. The monoisotopic (exact) mass is 245 g/mol. The van der Waals surface area contributed by atoms with Crippen molar-refractivity contribution in [1.29, 1.82) is 0 Å². The van der Waals surface area contributed by atoms with Gasteiger partial charge in [-0.25, -0.2) is 0 Å². The van der Waals surface area contributed by atoms with Gasteiger partial charge in [-0.2, -0.15) is 0 Å². The molecule has 98 valence electrons. The van der Waals surface area contributed by atoms with E-state index in [0.717, 1.165) is 19.4 Å². The molecule has 2 N–H and O–H groups in total. The van der Waals surface area contributed by atoms with Crippen molar-refractivity contribution in [3.8, 4) is 0 Å². The molecule has 4 unspecified atom stereocenters. The number of fused-ring (bicyclic) bond motifs is 1. The second kappa shape index (κ2) is 4.36. The molecular formula is C16H23NO. The molecule has 0 bridgehead atoms. The standard InChI is InChI=1S/C16H23NO/c1-11-7-8-12(2)16(18,9-11)15-14-6-4-3-5-13(14)10-17-15/h3-6,11-12,15,17-18H,7-10H2,1-2H3. The maximum absolute atomic E-state index is 11.2. The lowest BCUT2D eigenvalue weighted by Gasteiger charge is -2.45. The Bertz CT molecular complexity index is 444. The summed E-state index contributed by atoms with van der Waals surface area (Å²) in [5.41, 5.74) is 2.08. The molecule has 1 aliphatic carbocycles. The zero-order valence-electron chi connectivity index (χ0n) is 11.3. The maximum atomic E-state index is 11.2. The lowest BCUT2D eigenvalue weighted by Crippen LogP contribution is -2.49. The summed E-state index contributed by atoms with van der Waals surface area (Å²) in [6, 6.07) is 8.62. The van der Waals surface area contributed by atoms with Crippen LogP contribution in [0.4, 0.5) is 0 Å². The number of benzene rings is 1. The number of rotatable bonds is 1. The zero-order valence-corrected chi connectivity index (χ0v) is 11.3. The summed E-state index contributed by atoms with van der Waals surface area (Å²) in [7, 11) is 0. The van der Waals surface area contributed by atoms with Gasteiger partial charge in [0.25, 0.3) is 0 Å². The summed E-state index contributed by atoms with van der Waals surface area (Å²) >= 11 is 0. The third kappa shape index (κ3) is 1.79. The minimum atomic E-state index is -0.579. The van der Waals surface area contributed by atoms with E-state index < -0.39 is 5.60 Å². The highest BCUT2D eigenvalue weighted by atomic mass is 16.3. The quantitative estimate of drug-likeness (QED) is 0.797. The molecule has 1 aromatic rings. The molecule has 2 aliphatic rings. The van der Waals surface area contributed by atoms with Gasteiger partial charge in [0, 0.05) is 6.54 Å². The van der Waals surface area contributed by atoms with Crippen LogP contribution in [0.2, 0.25) is 0 Å². The highest BCUT2D eigenvalue weighted by Crippen LogP contribution is 2.46.